The molecule has 144 valence electrons. The minimum atomic E-state index is 0. The Labute approximate surface area is 161 Å². The molecule has 1 aromatic rings. The second kappa shape index (κ2) is 10.5. The van der Waals surface area contributed by atoms with Crippen molar-refractivity contribution >= 4 is 24.2 Å². The lowest BCUT2D eigenvalue weighted by atomic mass is 9.96. The lowest BCUT2D eigenvalue weighted by Gasteiger charge is -2.36. The number of hydrogen-bond acceptors (Lipinski definition) is 4. The predicted octanol–water partition coefficient (Wildman–Crippen LogP) is 0.868. The Morgan fingerprint density at radius 1 is 1.04 bits per heavy atom. The summed E-state index contributed by atoms with van der Waals surface area (Å²) in [4.78, 5) is 28.8. The Morgan fingerprint density at radius 2 is 1.69 bits per heavy atom. The van der Waals surface area contributed by atoms with Crippen molar-refractivity contribution in [3.05, 3.63) is 35.9 Å². The Balaban J connectivity index is 0.00000243. The van der Waals surface area contributed by atoms with Gasteiger partial charge in [0.25, 0.3) is 0 Å². The van der Waals surface area contributed by atoms with E-state index in [1.807, 2.05) is 35.2 Å². The number of carbonyl (C=O) groups is 2. The molecule has 3 rings (SSSR count). The molecule has 0 aromatic heterocycles. The lowest BCUT2D eigenvalue weighted by Crippen LogP contribution is -2.53. The number of nitrogens with zero attached hydrogens (tertiary/aromatic N) is 2. The molecule has 0 unspecified atom stereocenters. The van der Waals surface area contributed by atoms with Gasteiger partial charge in [-0.15, -0.1) is 12.4 Å². The van der Waals surface area contributed by atoms with Gasteiger partial charge in [-0.05, 0) is 31.5 Å². The first-order valence-corrected chi connectivity index (χ1v) is 9.25. The summed E-state index contributed by atoms with van der Waals surface area (Å²) in [5, 5.41) is 6.27. The molecule has 26 heavy (non-hydrogen) atoms. The fourth-order valence-electron chi connectivity index (χ4n) is 3.51. The number of carbonyl (C=O) groups excluding carboxylic acids is 2. The van der Waals surface area contributed by atoms with E-state index < -0.39 is 0 Å². The van der Waals surface area contributed by atoms with Crippen LogP contribution in [0.4, 0.5) is 0 Å². The Kier molecular flexibility index (Phi) is 8.35. The zero-order valence-corrected chi connectivity index (χ0v) is 16.0. The average molecular weight is 381 g/mol. The molecule has 7 heteroatoms. The molecule has 0 spiro atoms. The molecular formula is C19H29ClN4O2. The van der Waals surface area contributed by atoms with Gasteiger partial charge in [-0.2, -0.15) is 0 Å². The van der Waals surface area contributed by atoms with Crippen LogP contribution in [0.3, 0.4) is 0 Å². The molecule has 1 aromatic carbocycles. The van der Waals surface area contributed by atoms with Gasteiger partial charge in [0.2, 0.25) is 11.8 Å². The second-order valence-electron chi connectivity index (χ2n) is 6.89. The van der Waals surface area contributed by atoms with Crippen LogP contribution < -0.4 is 10.6 Å². The van der Waals surface area contributed by atoms with E-state index in [4.69, 9.17) is 0 Å². The van der Waals surface area contributed by atoms with Gasteiger partial charge in [0.15, 0.2) is 0 Å². The van der Waals surface area contributed by atoms with Gasteiger partial charge >= 0.3 is 0 Å². The molecule has 2 heterocycles. The summed E-state index contributed by atoms with van der Waals surface area (Å²) in [7, 11) is 0. The SMILES string of the molecule is Cl.O=C(CN1CCN(C(=O)C2CCNCC2)CC1)NCc1ccccc1. The standard InChI is InChI=1S/C19H28N4O2.ClH/c24-18(21-14-16-4-2-1-3-5-16)15-22-10-12-23(13-11-22)19(25)17-6-8-20-9-7-17;/h1-5,17,20H,6-15H2,(H,21,24);1H. The number of benzene rings is 1. The van der Waals surface area contributed by atoms with E-state index in [0.29, 0.717) is 19.0 Å². The zero-order valence-electron chi connectivity index (χ0n) is 15.2. The third kappa shape index (κ3) is 5.97. The van der Waals surface area contributed by atoms with Crippen molar-refractivity contribution in [2.75, 3.05) is 45.8 Å². The summed E-state index contributed by atoms with van der Waals surface area (Å²) in [5.41, 5.74) is 1.10. The number of rotatable bonds is 5. The molecule has 0 aliphatic carbocycles. The zero-order chi connectivity index (χ0) is 17.5. The number of piperidine rings is 1. The molecule has 0 atom stereocenters. The number of halogens is 1. The molecule has 0 saturated carbocycles. The third-order valence-corrected chi connectivity index (χ3v) is 5.07. The quantitative estimate of drug-likeness (QED) is 0.795. The maximum absolute atomic E-state index is 12.5. The summed E-state index contributed by atoms with van der Waals surface area (Å²) in [5.74, 6) is 0.527. The number of piperazine rings is 1. The maximum atomic E-state index is 12.5. The van der Waals surface area contributed by atoms with Crippen LogP contribution in [0.15, 0.2) is 30.3 Å². The van der Waals surface area contributed by atoms with Crippen LogP contribution in [0.2, 0.25) is 0 Å². The van der Waals surface area contributed by atoms with E-state index in [1.54, 1.807) is 0 Å². The van der Waals surface area contributed by atoms with Crippen molar-refractivity contribution in [2.24, 2.45) is 5.92 Å². The fourth-order valence-corrected chi connectivity index (χ4v) is 3.51. The predicted molar refractivity (Wildman–Crippen MR) is 104 cm³/mol. The molecular weight excluding hydrogens is 352 g/mol. The second-order valence-corrected chi connectivity index (χ2v) is 6.89. The van der Waals surface area contributed by atoms with E-state index in [2.05, 4.69) is 15.5 Å². The van der Waals surface area contributed by atoms with Crippen molar-refractivity contribution in [2.45, 2.75) is 19.4 Å². The minimum absolute atomic E-state index is 0. The topological polar surface area (TPSA) is 64.7 Å². The van der Waals surface area contributed by atoms with Gasteiger partial charge in [-0.1, -0.05) is 30.3 Å². The summed E-state index contributed by atoms with van der Waals surface area (Å²) in [6.45, 7) is 5.86. The maximum Gasteiger partial charge on any atom is 0.234 e. The van der Waals surface area contributed by atoms with Crippen molar-refractivity contribution in [1.82, 2.24) is 20.4 Å². The molecule has 6 nitrogen and oxygen atoms in total. The van der Waals surface area contributed by atoms with Crippen molar-refractivity contribution in [3.8, 4) is 0 Å². The van der Waals surface area contributed by atoms with Gasteiger partial charge in [-0.3, -0.25) is 14.5 Å². The summed E-state index contributed by atoms with van der Waals surface area (Å²) in [6, 6.07) is 9.92. The van der Waals surface area contributed by atoms with E-state index in [9.17, 15) is 9.59 Å². The molecule has 0 bridgehead atoms. The molecule has 2 saturated heterocycles. The molecule has 2 fully saturated rings. The molecule has 2 aliphatic heterocycles. The summed E-state index contributed by atoms with van der Waals surface area (Å²) >= 11 is 0. The normalized spacial score (nSPS) is 18.8. The highest BCUT2D eigenvalue weighted by molar-refractivity contribution is 5.85. The van der Waals surface area contributed by atoms with Crippen LogP contribution in [-0.2, 0) is 16.1 Å². The molecule has 2 amide bonds. The first kappa shape index (κ1) is 20.7. The van der Waals surface area contributed by atoms with Crippen molar-refractivity contribution < 1.29 is 9.59 Å². The van der Waals surface area contributed by atoms with Crippen LogP contribution in [0.25, 0.3) is 0 Å². The molecule has 0 radical (unpaired) electrons. The Morgan fingerprint density at radius 3 is 2.35 bits per heavy atom. The van der Waals surface area contributed by atoms with Crippen molar-refractivity contribution in [1.29, 1.82) is 0 Å². The Hall–Kier alpha value is -1.63. The smallest absolute Gasteiger partial charge is 0.234 e. The highest BCUT2D eigenvalue weighted by atomic mass is 35.5. The van der Waals surface area contributed by atoms with Crippen LogP contribution in [0, 0.1) is 5.92 Å². The number of amides is 2. The van der Waals surface area contributed by atoms with E-state index in [-0.39, 0.29) is 24.2 Å². The highest BCUT2D eigenvalue weighted by Crippen LogP contribution is 2.16. The van der Waals surface area contributed by atoms with Gasteiger partial charge in [0.1, 0.15) is 0 Å². The third-order valence-electron chi connectivity index (χ3n) is 5.07. The molecule has 2 aliphatic rings. The van der Waals surface area contributed by atoms with Crippen LogP contribution in [0.5, 0.6) is 0 Å². The first-order valence-electron chi connectivity index (χ1n) is 9.25. The highest BCUT2D eigenvalue weighted by Gasteiger charge is 2.28. The Bertz CT molecular complexity index is 570. The van der Waals surface area contributed by atoms with Crippen molar-refractivity contribution in [3.63, 3.8) is 0 Å². The number of hydrogen-bond donors (Lipinski definition) is 2. The fraction of sp³-hybridized carbons (Fsp3) is 0.579. The van der Waals surface area contributed by atoms with Crippen LogP contribution in [-0.4, -0.2) is 67.4 Å². The van der Waals surface area contributed by atoms with Crippen LogP contribution >= 0.6 is 12.4 Å². The largest absolute Gasteiger partial charge is 0.351 e. The lowest BCUT2D eigenvalue weighted by molar-refractivity contribution is -0.138. The van der Waals surface area contributed by atoms with E-state index >= 15 is 0 Å². The van der Waals surface area contributed by atoms with E-state index in [1.165, 1.54) is 0 Å². The summed E-state index contributed by atoms with van der Waals surface area (Å²) in [6.07, 6.45) is 1.89. The van der Waals surface area contributed by atoms with Crippen LogP contribution in [0.1, 0.15) is 18.4 Å². The van der Waals surface area contributed by atoms with Gasteiger partial charge < -0.3 is 15.5 Å². The molecule has 2 N–H and O–H groups in total. The van der Waals surface area contributed by atoms with Gasteiger partial charge in [0, 0.05) is 38.6 Å². The monoisotopic (exact) mass is 380 g/mol. The average Bonchev–Trinajstić information content (AvgIpc) is 2.68. The summed E-state index contributed by atoms with van der Waals surface area (Å²) < 4.78 is 0. The van der Waals surface area contributed by atoms with Gasteiger partial charge in [-0.25, -0.2) is 0 Å². The number of nitrogens with one attached hydrogen (secondary N) is 2. The minimum Gasteiger partial charge on any atom is -0.351 e. The first-order chi connectivity index (χ1) is 12.2. The van der Waals surface area contributed by atoms with E-state index in [0.717, 1.165) is 57.7 Å². The van der Waals surface area contributed by atoms with Gasteiger partial charge in [0.05, 0.1) is 6.54 Å².